The molecule has 1 atom stereocenters. The minimum Gasteiger partial charge on any atom is -0.368 e. The van der Waals surface area contributed by atoms with Crippen LogP contribution in [-0.2, 0) is 0 Å². The van der Waals surface area contributed by atoms with Crippen LogP contribution >= 0.6 is 0 Å². The Labute approximate surface area is 106 Å². The van der Waals surface area contributed by atoms with Crippen LogP contribution in [0.15, 0.2) is 6.07 Å². The summed E-state index contributed by atoms with van der Waals surface area (Å²) in [6, 6.07) is 1.09. The molecule has 1 fully saturated rings. The van der Waals surface area contributed by atoms with Crippen molar-refractivity contribution in [2.75, 3.05) is 17.2 Å². The van der Waals surface area contributed by atoms with Gasteiger partial charge in [0.05, 0.1) is 0 Å². The molecule has 1 saturated carbocycles. The lowest BCUT2D eigenvalue weighted by Crippen LogP contribution is -2.13. The first-order valence-corrected chi connectivity index (χ1v) is 6.30. The van der Waals surface area contributed by atoms with Gasteiger partial charge in [0.1, 0.15) is 0 Å². The van der Waals surface area contributed by atoms with Crippen molar-refractivity contribution in [1.29, 1.82) is 0 Å². The van der Waals surface area contributed by atoms with Crippen molar-refractivity contribution in [3.8, 4) is 0 Å². The lowest BCUT2D eigenvalue weighted by atomic mass is 10.2. The van der Waals surface area contributed by atoms with E-state index in [1.165, 1.54) is 0 Å². The smallest absolute Gasteiger partial charge is 0.168 e. The molecule has 100 valence electrons. The Balaban J connectivity index is 2.14. The molecule has 0 aliphatic heterocycles. The van der Waals surface area contributed by atoms with Crippen LogP contribution < -0.4 is 10.6 Å². The lowest BCUT2D eigenvalue weighted by molar-refractivity contribution is 0.574. The van der Waals surface area contributed by atoms with Crippen LogP contribution in [0.4, 0.5) is 20.4 Å². The van der Waals surface area contributed by atoms with Gasteiger partial charge in [0.25, 0.3) is 0 Å². The Bertz CT molecular complexity index is 446. The molecule has 1 aromatic heterocycles. The van der Waals surface area contributed by atoms with Crippen LogP contribution in [-0.4, -0.2) is 17.6 Å². The molecule has 2 rings (SSSR count). The van der Waals surface area contributed by atoms with Crippen molar-refractivity contribution in [2.45, 2.75) is 39.7 Å². The first-order valence-electron chi connectivity index (χ1n) is 6.30. The summed E-state index contributed by atoms with van der Waals surface area (Å²) in [6.07, 6.45) is 1.83. The number of nitrogens with zero attached hydrogens (tertiary/aromatic N) is 1. The molecule has 1 aliphatic rings. The van der Waals surface area contributed by atoms with E-state index in [-0.39, 0.29) is 23.1 Å². The van der Waals surface area contributed by atoms with E-state index in [1.54, 1.807) is 0 Å². The summed E-state index contributed by atoms with van der Waals surface area (Å²) in [5.41, 5.74) is 0.166. The molecule has 1 heterocycles. The number of hydrogen-bond acceptors (Lipinski definition) is 3. The molecule has 18 heavy (non-hydrogen) atoms. The van der Waals surface area contributed by atoms with Gasteiger partial charge in [-0.1, -0.05) is 20.8 Å². The summed E-state index contributed by atoms with van der Waals surface area (Å²) in [7, 11) is 0. The third-order valence-electron chi connectivity index (χ3n) is 3.30. The fourth-order valence-electron chi connectivity index (χ4n) is 1.81. The second-order valence-electron chi connectivity index (χ2n) is 5.47. The summed E-state index contributed by atoms with van der Waals surface area (Å²) >= 11 is 0. The molecule has 0 aromatic carbocycles. The second kappa shape index (κ2) is 4.71. The number of pyridine rings is 1. The molecular weight excluding hydrogens is 236 g/mol. The largest absolute Gasteiger partial charge is 0.368 e. The molecule has 0 radical (unpaired) electrons. The van der Waals surface area contributed by atoms with E-state index in [2.05, 4.69) is 29.5 Å². The Kier molecular flexibility index (Phi) is 3.41. The SMILES string of the molecule is CCCNc1nc(NC2CC2(C)C)c(F)cc1F. The Morgan fingerprint density at radius 3 is 2.50 bits per heavy atom. The topological polar surface area (TPSA) is 37.0 Å². The molecular formula is C13H19F2N3. The van der Waals surface area contributed by atoms with Gasteiger partial charge in [-0.05, 0) is 18.3 Å². The molecule has 1 aliphatic carbocycles. The molecule has 2 N–H and O–H groups in total. The molecule has 0 amide bonds. The zero-order valence-corrected chi connectivity index (χ0v) is 11.0. The average molecular weight is 255 g/mol. The van der Waals surface area contributed by atoms with Gasteiger partial charge in [0, 0.05) is 18.7 Å². The van der Waals surface area contributed by atoms with Crippen LogP contribution in [0.25, 0.3) is 0 Å². The van der Waals surface area contributed by atoms with Crippen LogP contribution in [0.3, 0.4) is 0 Å². The average Bonchev–Trinajstić information content (AvgIpc) is 2.88. The molecule has 3 nitrogen and oxygen atoms in total. The Hall–Kier alpha value is -1.39. The second-order valence-corrected chi connectivity index (χ2v) is 5.47. The van der Waals surface area contributed by atoms with Crippen molar-refractivity contribution in [1.82, 2.24) is 4.98 Å². The van der Waals surface area contributed by atoms with Gasteiger partial charge in [-0.3, -0.25) is 0 Å². The number of aromatic nitrogens is 1. The third-order valence-corrected chi connectivity index (χ3v) is 3.30. The molecule has 0 spiro atoms. The highest BCUT2D eigenvalue weighted by Crippen LogP contribution is 2.46. The van der Waals surface area contributed by atoms with Crippen LogP contribution in [0.1, 0.15) is 33.6 Å². The van der Waals surface area contributed by atoms with E-state index in [4.69, 9.17) is 0 Å². The maximum atomic E-state index is 13.6. The zero-order chi connectivity index (χ0) is 13.3. The summed E-state index contributed by atoms with van der Waals surface area (Å²) in [5, 5.41) is 5.88. The van der Waals surface area contributed by atoms with Crippen molar-refractivity contribution < 1.29 is 8.78 Å². The molecule has 5 heteroatoms. The summed E-state index contributed by atoms with van der Waals surface area (Å²) in [5.74, 6) is -1.05. The molecule has 1 unspecified atom stereocenters. The molecule has 0 bridgehead atoms. The van der Waals surface area contributed by atoms with Crippen molar-refractivity contribution >= 4 is 11.6 Å². The van der Waals surface area contributed by atoms with E-state index >= 15 is 0 Å². The van der Waals surface area contributed by atoms with E-state index in [1.807, 2.05) is 6.92 Å². The van der Waals surface area contributed by atoms with Gasteiger partial charge in [-0.25, -0.2) is 13.8 Å². The highest BCUT2D eigenvalue weighted by atomic mass is 19.1. The van der Waals surface area contributed by atoms with Crippen molar-refractivity contribution in [3.05, 3.63) is 17.7 Å². The molecule has 1 aromatic rings. The van der Waals surface area contributed by atoms with Crippen LogP contribution in [0.2, 0.25) is 0 Å². The summed E-state index contributed by atoms with van der Waals surface area (Å²) in [4.78, 5) is 3.98. The predicted molar refractivity (Wildman–Crippen MR) is 68.7 cm³/mol. The number of halogens is 2. The summed E-state index contributed by atoms with van der Waals surface area (Å²) < 4.78 is 27.1. The zero-order valence-electron chi connectivity index (χ0n) is 11.0. The lowest BCUT2D eigenvalue weighted by Gasteiger charge is -2.11. The standard InChI is InChI=1S/C13H19F2N3/c1-4-5-16-11-8(14)6-9(15)12(18-11)17-10-7-13(10,2)3/h6,10H,4-5,7H2,1-3H3,(H2,16,17,18). The van der Waals surface area contributed by atoms with Gasteiger partial charge in [-0.15, -0.1) is 0 Å². The van der Waals surface area contributed by atoms with Gasteiger partial charge in [-0.2, -0.15) is 0 Å². The fraction of sp³-hybridized carbons (Fsp3) is 0.615. The Morgan fingerprint density at radius 1 is 1.33 bits per heavy atom. The first kappa shape index (κ1) is 13.1. The van der Waals surface area contributed by atoms with E-state index in [0.717, 1.165) is 18.9 Å². The van der Waals surface area contributed by atoms with Gasteiger partial charge < -0.3 is 10.6 Å². The van der Waals surface area contributed by atoms with Gasteiger partial charge in [0.15, 0.2) is 23.3 Å². The highest BCUT2D eigenvalue weighted by Gasteiger charge is 2.46. The van der Waals surface area contributed by atoms with E-state index < -0.39 is 11.6 Å². The fourth-order valence-corrected chi connectivity index (χ4v) is 1.81. The third kappa shape index (κ3) is 2.71. The minimum atomic E-state index is -0.651. The minimum absolute atomic E-state index is 0.110. The number of hydrogen-bond donors (Lipinski definition) is 2. The first-order chi connectivity index (χ1) is 8.44. The normalized spacial score (nSPS) is 20.6. The number of anilines is 2. The summed E-state index contributed by atoms with van der Waals surface area (Å²) in [6.45, 7) is 6.79. The predicted octanol–water partition coefficient (Wildman–Crippen LogP) is 3.39. The Morgan fingerprint density at radius 2 is 1.94 bits per heavy atom. The highest BCUT2D eigenvalue weighted by molar-refractivity contribution is 5.49. The maximum absolute atomic E-state index is 13.6. The maximum Gasteiger partial charge on any atom is 0.168 e. The number of nitrogens with one attached hydrogen (secondary N) is 2. The van der Waals surface area contributed by atoms with E-state index in [0.29, 0.717) is 6.54 Å². The molecule has 0 saturated heterocycles. The van der Waals surface area contributed by atoms with Crippen LogP contribution in [0, 0.1) is 17.0 Å². The quantitative estimate of drug-likeness (QED) is 0.846. The van der Waals surface area contributed by atoms with Gasteiger partial charge >= 0.3 is 0 Å². The van der Waals surface area contributed by atoms with Crippen molar-refractivity contribution in [3.63, 3.8) is 0 Å². The van der Waals surface area contributed by atoms with E-state index in [9.17, 15) is 8.78 Å². The number of rotatable bonds is 5. The van der Waals surface area contributed by atoms with Gasteiger partial charge in [0.2, 0.25) is 0 Å². The van der Waals surface area contributed by atoms with Crippen molar-refractivity contribution in [2.24, 2.45) is 5.41 Å². The monoisotopic (exact) mass is 255 g/mol. The van der Waals surface area contributed by atoms with Crippen LogP contribution in [0.5, 0.6) is 0 Å².